The Morgan fingerprint density at radius 1 is 0.696 bits per heavy atom. The summed E-state index contributed by atoms with van der Waals surface area (Å²) in [7, 11) is 0. The van der Waals surface area contributed by atoms with Gasteiger partial charge in [-0.1, -0.05) is 71.6 Å². The van der Waals surface area contributed by atoms with Gasteiger partial charge in [0.2, 0.25) is 0 Å². The molecular formula is C19H36O4. The minimum Gasteiger partial charge on any atom is -0.481 e. The highest BCUT2D eigenvalue weighted by Crippen LogP contribution is 2.37. The van der Waals surface area contributed by atoms with E-state index in [2.05, 4.69) is 13.8 Å². The average Bonchev–Trinajstić information content (AvgIpc) is 2.50. The number of unbranched alkanes of at least 4 members (excludes halogenated alkanes) is 7. The topological polar surface area (TPSA) is 74.6 Å². The van der Waals surface area contributed by atoms with Crippen LogP contribution in [-0.2, 0) is 9.59 Å². The van der Waals surface area contributed by atoms with Crippen LogP contribution in [0.1, 0.15) is 104 Å². The minimum atomic E-state index is -0.746. The highest BCUT2D eigenvalue weighted by atomic mass is 16.4. The van der Waals surface area contributed by atoms with Crippen molar-refractivity contribution < 1.29 is 19.8 Å². The first-order chi connectivity index (χ1) is 11.0. The second kappa shape index (κ2) is 13.4. The first-order valence-electron chi connectivity index (χ1n) is 9.43. The lowest BCUT2D eigenvalue weighted by molar-refractivity contribution is -0.150. The molecule has 0 rings (SSSR count). The summed E-state index contributed by atoms with van der Waals surface area (Å²) in [5.41, 5.74) is -0.558. The molecule has 0 amide bonds. The Balaban J connectivity index is 4.41. The molecule has 0 saturated heterocycles. The first kappa shape index (κ1) is 21.9. The zero-order valence-corrected chi connectivity index (χ0v) is 15.1. The van der Waals surface area contributed by atoms with Gasteiger partial charge in [0.1, 0.15) is 0 Å². The van der Waals surface area contributed by atoms with Gasteiger partial charge in [-0.25, -0.2) is 0 Å². The van der Waals surface area contributed by atoms with Crippen LogP contribution in [0.4, 0.5) is 0 Å². The van der Waals surface area contributed by atoms with E-state index in [0.29, 0.717) is 6.42 Å². The fourth-order valence-electron chi connectivity index (χ4n) is 3.22. The van der Waals surface area contributed by atoms with Crippen molar-refractivity contribution in [3.63, 3.8) is 0 Å². The van der Waals surface area contributed by atoms with Crippen molar-refractivity contribution in [1.29, 1.82) is 0 Å². The van der Waals surface area contributed by atoms with Gasteiger partial charge in [0.05, 0.1) is 5.41 Å². The van der Waals surface area contributed by atoms with Crippen molar-refractivity contribution in [3.05, 3.63) is 0 Å². The van der Waals surface area contributed by atoms with E-state index in [4.69, 9.17) is 5.11 Å². The quantitative estimate of drug-likeness (QED) is 0.359. The van der Waals surface area contributed by atoms with Crippen molar-refractivity contribution in [2.75, 3.05) is 0 Å². The summed E-state index contributed by atoms with van der Waals surface area (Å²) >= 11 is 0. The summed E-state index contributed by atoms with van der Waals surface area (Å²) in [6.45, 7) is 4.28. The van der Waals surface area contributed by atoms with Crippen LogP contribution in [0.3, 0.4) is 0 Å². The summed E-state index contributed by atoms with van der Waals surface area (Å²) in [5, 5.41) is 18.5. The molecule has 0 radical (unpaired) electrons. The van der Waals surface area contributed by atoms with Gasteiger partial charge in [0, 0.05) is 6.42 Å². The summed E-state index contributed by atoms with van der Waals surface area (Å²) in [4.78, 5) is 22.4. The summed E-state index contributed by atoms with van der Waals surface area (Å²) < 4.78 is 0. The van der Waals surface area contributed by atoms with Crippen LogP contribution in [0.2, 0.25) is 0 Å². The molecule has 0 bridgehead atoms. The van der Waals surface area contributed by atoms with Crippen molar-refractivity contribution >= 4 is 11.9 Å². The van der Waals surface area contributed by atoms with Gasteiger partial charge < -0.3 is 10.2 Å². The largest absolute Gasteiger partial charge is 0.481 e. The third-order valence-electron chi connectivity index (χ3n) is 4.77. The summed E-state index contributed by atoms with van der Waals surface area (Å²) in [6.07, 6.45) is 12.3. The number of hydrogen-bond acceptors (Lipinski definition) is 2. The Morgan fingerprint density at radius 2 is 1.13 bits per heavy atom. The van der Waals surface area contributed by atoms with Crippen LogP contribution in [-0.4, -0.2) is 22.2 Å². The normalized spacial score (nSPS) is 11.6. The molecule has 0 heterocycles. The van der Waals surface area contributed by atoms with Gasteiger partial charge in [-0.15, -0.1) is 0 Å². The molecule has 23 heavy (non-hydrogen) atoms. The molecule has 4 heteroatoms. The van der Waals surface area contributed by atoms with E-state index in [9.17, 15) is 14.7 Å². The highest BCUT2D eigenvalue weighted by molar-refractivity contribution is 5.74. The standard InChI is InChI=1S/C19H36O4/c1-3-5-10-14-19(18(22)23,15-11-6-4-2)16-12-8-7-9-13-17(20)21/h3-16H2,1-2H3,(H,20,21)(H,22,23). The number of rotatable bonds is 16. The van der Waals surface area contributed by atoms with E-state index in [1.807, 2.05) is 0 Å². The maximum Gasteiger partial charge on any atom is 0.309 e. The smallest absolute Gasteiger partial charge is 0.309 e. The van der Waals surface area contributed by atoms with E-state index in [1.165, 1.54) is 0 Å². The molecule has 2 N–H and O–H groups in total. The number of carbonyl (C=O) groups is 2. The Kier molecular flexibility index (Phi) is 12.8. The molecular weight excluding hydrogens is 292 g/mol. The molecule has 4 nitrogen and oxygen atoms in total. The molecule has 0 aromatic carbocycles. The van der Waals surface area contributed by atoms with E-state index < -0.39 is 17.4 Å². The molecule has 0 aromatic rings. The first-order valence-corrected chi connectivity index (χ1v) is 9.43. The maximum absolute atomic E-state index is 11.9. The van der Waals surface area contributed by atoms with E-state index in [0.717, 1.165) is 77.0 Å². The summed E-state index contributed by atoms with van der Waals surface area (Å²) in [6, 6.07) is 0. The van der Waals surface area contributed by atoms with Crippen molar-refractivity contribution in [2.24, 2.45) is 5.41 Å². The van der Waals surface area contributed by atoms with Gasteiger partial charge in [-0.2, -0.15) is 0 Å². The Bertz CT molecular complexity index is 315. The van der Waals surface area contributed by atoms with Gasteiger partial charge in [0.25, 0.3) is 0 Å². The van der Waals surface area contributed by atoms with Gasteiger partial charge in [-0.05, 0) is 25.7 Å². The second-order valence-corrected chi connectivity index (χ2v) is 6.81. The zero-order valence-electron chi connectivity index (χ0n) is 15.1. The molecule has 136 valence electrons. The molecule has 0 aromatic heterocycles. The van der Waals surface area contributed by atoms with Crippen LogP contribution in [0.15, 0.2) is 0 Å². The molecule has 0 unspecified atom stereocenters. The Morgan fingerprint density at radius 3 is 1.52 bits per heavy atom. The lowest BCUT2D eigenvalue weighted by atomic mass is 9.74. The third kappa shape index (κ3) is 10.4. The predicted octanol–water partition coefficient (Wildman–Crippen LogP) is 5.64. The van der Waals surface area contributed by atoms with Crippen LogP contribution in [0, 0.1) is 5.41 Å². The molecule has 0 saturated carbocycles. The van der Waals surface area contributed by atoms with Crippen molar-refractivity contribution in [1.82, 2.24) is 0 Å². The lowest BCUT2D eigenvalue weighted by Crippen LogP contribution is -2.31. The maximum atomic E-state index is 11.9. The van der Waals surface area contributed by atoms with Crippen LogP contribution >= 0.6 is 0 Å². The molecule has 0 atom stereocenters. The molecule has 0 aliphatic heterocycles. The van der Waals surface area contributed by atoms with Gasteiger partial charge >= 0.3 is 11.9 Å². The number of hydrogen-bond donors (Lipinski definition) is 2. The average molecular weight is 328 g/mol. The summed E-state index contributed by atoms with van der Waals surface area (Å²) in [5.74, 6) is -1.38. The molecule has 0 spiro atoms. The predicted molar refractivity (Wildman–Crippen MR) is 93.7 cm³/mol. The molecule has 0 aliphatic rings. The number of carboxylic acids is 2. The molecule has 0 aliphatic carbocycles. The van der Waals surface area contributed by atoms with Crippen LogP contribution in [0.5, 0.6) is 0 Å². The fraction of sp³-hybridized carbons (Fsp3) is 0.895. The number of aliphatic carboxylic acids is 2. The van der Waals surface area contributed by atoms with E-state index in [1.54, 1.807) is 0 Å². The Hall–Kier alpha value is -1.06. The number of carboxylic acid groups (broad SMARTS) is 2. The van der Waals surface area contributed by atoms with Crippen molar-refractivity contribution in [2.45, 2.75) is 104 Å². The van der Waals surface area contributed by atoms with E-state index >= 15 is 0 Å². The molecule has 0 fully saturated rings. The van der Waals surface area contributed by atoms with Crippen LogP contribution in [0.25, 0.3) is 0 Å². The minimum absolute atomic E-state index is 0.219. The fourth-order valence-corrected chi connectivity index (χ4v) is 3.22. The Labute approximate surface area is 141 Å². The second-order valence-electron chi connectivity index (χ2n) is 6.81. The highest BCUT2D eigenvalue weighted by Gasteiger charge is 2.36. The lowest BCUT2D eigenvalue weighted by Gasteiger charge is -2.30. The zero-order chi connectivity index (χ0) is 17.6. The van der Waals surface area contributed by atoms with E-state index in [-0.39, 0.29) is 6.42 Å². The monoisotopic (exact) mass is 328 g/mol. The van der Waals surface area contributed by atoms with Gasteiger partial charge in [0.15, 0.2) is 0 Å². The van der Waals surface area contributed by atoms with Crippen molar-refractivity contribution in [3.8, 4) is 0 Å². The van der Waals surface area contributed by atoms with Gasteiger partial charge in [-0.3, -0.25) is 9.59 Å². The third-order valence-corrected chi connectivity index (χ3v) is 4.77. The van der Waals surface area contributed by atoms with Crippen LogP contribution < -0.4 is 0 Å². The SMILES string of the molecule is CCCCCC(CCCCC)(CCCCCCC(=O)O)C(=O)O.